The Hall–Kier alpha value is -2.45. The lowest BCUT2D eigenvalue weighted by atomic mass is 9.94. The molecule has 1 aliphatic heterocycles. The van der Waals surface area contributed by atoms with Crippen molar-refractivity contribution < 1.29 is 17.9 Å². The number of ether oxygens (including phenoxy) is 2. The Morgan fingerprint density at radius 3 is 2.53 bits per heavy atom. The Kier molecular flexibility index (Phi) is 6.27. The molecule has 0 radical (unpaired) electrons. The number of benzene rings is 1. The van der Waals surface area contributed by atoms with Crippen LogP contribution in [-0.4, -0.2) is 42.8 Å². The molecule has 0 saturated carbocycles. The molecule has 3 aromatic rings. The molecule has 0 spiro atoms. The molecule has 0 unspecified atom stereocenters. The van der Waals surface area contributed by atoms with Crippen molar-refractivity contribution in [2.75, 3.05) is 19.8 Å². The average Bonchev–Trinajstić information content (AvgIpc) is 3.13. The number of rotatable bonds is 6. The number of sulfone groups is 1. The molecule has 0 amide bonds. The minimum atomic E-state index is -3.72. The fraction of sp³-hybridized carbons (Fsp3) is 0.500. The van der Waals surface area contributed by atoms with E-state index < -0.39 is 9.84 Å². The van der Waals surface area contributed by atoms with Gasteiger partial charge in [0.2, 0.25) is 15.7 Å². The van der Waals surface area contributed by atoms with Crippen LogP contribution in [0.1, 0.15) is 46.4 Å². The van der Waals surface area contributed by atoms with Gasteiger partial charge in [-0.15, -0.1) is 0 Å². The van der Waals surface area contributed by atoms with Crippen LogP contribution in [0.4, 0.5) is 0 Å². The van der Waals surface area contributed by atoms with Crippen molar-refractivity contribution in [2.45, 2.75) is 62.3 Å². The molecule has 1 aromatic carbocycles. The molecule has 172 valence electrons. The highest BCUT2D eigenvalue weighted by molar-refractivity contribution is 7.91. The molecule has 0 aliphatic carbocycles. The minimum absolute atomic E-state index is 0.160. The molecule has 32 heavy (non-hydrogen) atoms. The van der Waals surface area contributed by atoms with Crippen molar-refractivity contribution in [3.63, 3.8) is 0 Å². The van der Waals surface area contributed by atoms with Gasteiger partial charge in [-0.05, 0) is 49.9 Å². The molecular formula is C24H31N3O4S. The van der Waals surface area contributed by atoms with Crippen LogP contribution in [0, 0.1) is 5.92 Å². The second-order valence-electron chi connectivity index (χ2n) is 9.27. The number of imidazole rings is 1. The molecule has 0 N–H and O–H groups in total. The van der Waals surface area contributed by atoms with E-state index in [1.54, 1.807) is 12.1 Å². The summed E-state index contributed by atoms with van der Waals surface area (Å²) in [5.74, 6) is 1.79. The van der Waals surface area contributed by atoms with E-state index in [2.05, 4.69) is 30.3 Å². The second-order valence-corrected chi connectivity index (χ2v) is 11.2. The average molecular weight is 458 g/mol. The number of hydrogen-bond acceptors (Lipinski definition) is 6. The van der Waals surface area contributed by atoms with Crippen LogP contribution < -0.4 is 4.74 Å². The monoisotopic (exact) mass is 457 g/mol. The lowest BCUT2D eigenvalue weighted by Gasteiger charge is -2.26. The van der Waals surface area contributed by atoms with Crippen LogP contribution >= 0.6 is 0 Å². The van der Waals surface area contributed by atoms with Gasteiger partial charge >= 0.3 is 0 Å². The molecule has 3 heterocycles. The first kappa shape index (κ1) is 22.7. The molecule has 1 aliphatic rings. The van der Waals surface area contributed by atoms with Gasteiger partial charge in [0, 0.05) is 37.4 Å². The molecule has 0 bridgehead atoms. The molecule has 7 nitrogen and oxygen atoms in total. The third kappa shape index (κ3) is 4.52. The summed E-state index contributed by atoms with van der Waals surface area (Å²) >= 11 is 0. The number of fused-ring (bicyclic) bond motifs is 1. The van der Waals surface area contributed by atoms with Crippen LogP contribution in [0.3, 0.4) is 0 Å². The highest BCUT2D eigenvalue weighted by Crippen LogP contribution is 2.32. The summed E-state index contributed by atoms with van der Waals surface area (Å²) in [5.41, 5.74) is 1.49. The molecule has 2 aromatic heterocycles. The zero-order valence-electron chi connectivity index (χ0n) is 19.2. The third-order valence-electron chi connectivity index (χ3n) is 5.79. The lowest BCUT2D eigenvalue weighted by molar-refractivity contribution is 0.0611. The van der Waals surface area contributed by atoms with Crippen LogP contribution in [0.15, 0.2) is 46.3 Å². The van der Waals surface area contributed by atoms with Gasteiger partial charge in [0.05, 0.1) is 27.4 Å². The largest absolute Gasteiger partial charge is 0.478 e. The standard InChI is InChI=1S/C24H31N3O4S/c1-5-31-22-15-19(8-11-25-22)32(28,29)18-6-7-21-20(14-18)26-23(24(2,3)4)27(21)16-17-9-12-30-13-10-17/h6-8,11,14-15,17H,5,9-10,12-13,16H2,1-4H3. The van der Waals surface area contributed by atoms with Crippen molar-refractivity contribution in [3.8, 4) is 5.88 Å². The Labute approximate surface area is 189 Å². The topological polar surface area (TPSA) is 83.3 Å². The Morgan fingerprint density at radius 2 is 1.84 bits per heavy atom. The Bertz CT molecular complexity index is 1210. The van der Waals surface area contributed by atoms with Gasteiger partial charge in [0.1, 0.15) is 5.82 Å². The number of aromatic nitrogens is 3. The van der Waals surface area contributed by atoms with Gasteiger partial charge in [0.25, 0.3) is 0 Å². The third-order valence-corrected chi connectivity index (χ3v) is 7.54. The predicted molar refractivity (Wildman–Crippen MR) is 123 cm³/mol. The zero-order chi connectivity index (χ0) is 22.9. The van der Waals surface area contributed by atoms with Crippen LogP contribution in [0.25, 0.3) is 11.0 Å². The van der Waals surface area contributed by atoms with E-state index in [0.717, 1.165) is 43.9 Å². The normalized spacial score (nSPS) is 15.9. The predicted octanol–water partition coefficient (Wildman–Crippen LogP) is 4.39. The summed E-state index contributed by atoms with van der Waals surface area (Å²) < 4.78 is 39.8. The van der Waals surface area contributed by atoms with Gasteiger partial charge < -0.3 is 14.0 Å². The number of pyridine rings is 1. The lowest BCUT2D eigenvalue weighted by Crippen LogP contribution is -2.25. The van der Waals surface area contributed by atoms with Crippen molar-refractivity contribution >= 4 is 20.9 Å². The molecule has 0 atom stereocenters. The summed E-state index contributed by atoms with van der Waals surface area (Å²) in [4.78, 5) is 9.34. The number of nitrogens with zero attached hydrogens (tertiary/aromatic N) is 3. The summed E-state index contributed by atoms with van der Waals surface area (Å²) in [6, 6.07) is 8.20. The van der Waals surface area contributed by atoms with E-state index in [9.17, 15) is 8.42 Å². The Balaban J connectivity index is 1.76. The number of hydrogen-bond donors (Lipinski definition) is 0. The zero-order valence-corrected chi connectivity index (χ0v) is 20.0. The van der Waals surface area contributed by atoms with Crippen LogP contribution in [0.2, 0.25) is 0 Å². The second kappa shape index (κ2) is 8.83. The maximum Gasteiger partial charge on any atom is 0.214 e. The maximum atomic E-state index is 13.3. The van der Waals surface area contributed by atoms with E-state index >= 15 is 0 Å². The molecular weight excluding hydrogens is 426 g/mol. The summed E-state index contributed by atoms with van der Waals surface area (Å²) in [6.07, 6.45) is 3.51. The maximum absolute atomic E-state index is 13.3. The fourth-order valence-corrected chi connectivity index (χ4v) is 5.42. The minimum Gasteiger partial charge on any atom is -0.478 e. The fourth-order valence-electron chi connectivity index (χ4n) is 4.14. The van der Waals surface area contributed by atoms with Gasteiger partial charge in [-0.25, -0.2) is 18.4 Å². The van der Waals surface area contributed by atoms with Crippen LogP contribution in [-0.2, 0) is 26.5 Å². The van der Waals surface area contributed by atoms with Gasteiger partial charge in [-0.1, -0.05) is 20.8 Å². The first-order chi connectivity index (χ1) is 15.2. The van der Waals surface area contributed by atoms with E-state index in [0.29, 0.717) is 23.9 Å². The molecule has 8 heteroatoms. The van der Waals surface area contributed by atoms with E-state index in [4.69, 9.17) is 14.5 Å². The Morgan fingerprint density at radius 1 is 1.12 bits per heavy atom. The smallest absolute Gasteiger partial charge is 0.214 e. The first-order valence-electron chi connectivity index (χ1n) is 11.1. The molecule has 1 fully saturated rings. The van der Waals surface area contributed by atoms with Crippen molar-refractivity contribution in [1.29, 1.82) is 0 Å². The first-order valence-corrected chi connectivity index (χ1v) is 12.6. The molecule has 4 rings (SSSR count). The highest BCUT2D eigenvalue weighted by atomic mass is 32.2. The summed E-state index contributed by atoms with van der Waals surface area (Å²) in [7, 11) is -3.72. The van der Waals surface area contributed by atoms with Crippen LogP contribution in [0.5, 0.6) is 5.88 Å². The highest BCUT2D eigenvalue weighted by Gasteiger charge is 2.27. The molecule has 1 saturated heterocycles. The van der Waals surface area contributed by atoms with Gasteiger partial charge in [-0.2, -0.15) is 0 Å². The van der Waals surface area contributed by atoms with E-state index in [-0.39, 0.29) is 15.2 Å². The van der Waals surface area contributed by atoms with Crippen molar-refractivity contribution in [3.05, 3.63) is 42.4 Å². The van der Waals surface area contributed by atoms with Gasteiger partial charge in [-0.3, -0.25) is 0 Å². The summed E-state index contributed by atoms with van der Waals surface area (Å²) in [6.45, 7) is 11.1. The SMILES string of the molecule is CCOc1cc(S(=O)(=O)c2ccc3c(c2)nc(C(C)(C)C)n3CC2CCOCC2)ccn1. The van der Waals surface area contributed by atoms with E-state index in [1.165, 1.54) is 18.3 Å². The van der Waals surface area contributed by atoms with Crippen molar-refractivity contribution in [2.24, 2.45) is 5.92 Å². The van der Waals surface area contributed by atoms with Gasteiger partial charge in [0.15, 0.2) is 0 Å². The van der Waals surface area contributed by atoms with Crippen molar-refractivity contribution in [1.82, 2.24) is 14.5 Å². The summed E-state index contributed by atoms with van der Waals surface area (Å²) in [5, 5.41) is 0. The quantitative estimate of drug-likeness (QED) is 0.546. The van der Waals surface area contributed by atoms with E-state index in [1.807, 2.05) is 13.0 Å².